The van der Waals surface area contributed by atoms with Crippen molar-refractivity contribution in [1.29, 1.82) is 0 Å². The molecule has 0 aromatic heterocycles. The van der Waals surface area contributed by atoms with Crippen molar-refractivity contribution in [2.24, 2.45) is 0 Å². The largest absolute Gasteiger partial charge is 0.493 e. The smallest absolute Gasteiger partial charge is 0.264 e. The van der Waals surface area contributed by atoms with Gasteiger partial charge in [-0.2, -0.15) is 0 Å². The Morgan fingerprint density at radius 2 is 1.37 bits per heavy atom. The maximum Gasteiger partial charge on any atom is 0.264 e. The molecule has 0 aliphatic heterocycles. The topological polar surface area (TPSA) is 94.2 Å². The Kier molecular flexibility index (Phi) is 8.13. The van der Waals surface area contributed by atoms with Crippen LogP contribution in [0.3, 0.4) is 0 Å². The second-order valence-corrected chi connectivity index (χ2v) is 9.11. The van der Waals surface area contributed by atoms with Gasteiger partial charge >= 0.3 is 0 Å². The fraction of sp³-hybridized carbons (Fsp3) is 0.208. The molecule has 0 bridgehead atoms. The van der Waals surface area contributed by atoms with Gasteiger partial charge in [0, 0.05) is 6.54 Å². The summed E-state index contributed by atoms with van der Waals surface area (Å²) >= 11 is 0. The summed E-state index contributed by atoms with van der Waals surface area (Å²) in [5, 5.41) is 2.65. The minimum atomic E-state index is -4.27. The summed E-state index contributed by atoms with van der Waals surface area (Å²) in [5.41, 5.74) is 0.682. The van der Waals surface area contributed by atoms with Gasteiger partial charge in [0.2, 0.25) is 11.7 Å². The normalized spacial score (nSPS) is 11.0. The summed E-state index contributed by atoms with van der Waals surface area (Å²) in [7, 11) is 0.118. The third kappa shape index (κ3) is 5.99. The van der Waals surface area contributed by atoms with Gasteiger partial charge < -0.3 is 19.5 Å². The number of ether oxygens (including phenoxy) is 3. The lowest BCUT2D eigenvalue weighted by atomic mass is 10.1. The molecule has 3 aromatic rings. The fourth-order valence-corrected chi connectivity index (χ4v) is 4.70. The van der Waals surface area contributed by atoms with Crippen molar-refractivity contribution in [2.45, 2.75) is 11.4 Å². The van der Waals surface area contributed by atoms with Crippen LogP contribution in [-0.4, -0.2) is 42.2 Å². The number of amides is 1. The molecule has 0 fully saturated rings. The molecule has 11 heteroatoms. The number of anilines is 1. The van der Waals surface area contributed by atoms with E-state index in [9.17, 15) is 22.0 Å². The molecular formula is C24H24F2N2O6S. The van der Waals surface area contributed by atoms with E-state index in [0.717, 1.165) is 40.7 Å². The van der Waals surface area contributed by atoms with Gasteiger partial charge in [0.1, 0.15) is 18.2 Å². The first-order valence-electron chi connectivity index (χ1n) is 10.3. The Hall–Kier alpha value is -3.86. The first-order valence-corrected chi connectivity index (χ1v) is 11.7. The zero-order chi connectivity index (χ0) is 25.6. The summed E-state index contributed by atoms with van der Waals surface area (Å²) in [6.45, 7) is -0.570. The van der Waals surface area contributed by atoms with Crippen LogP contribution in [-0.2, 0) is 21.4 Å². The molecule has 0 saturated carbocycles. The van der Waals surface area contributed by atoms with E-state index < -0.39 is 34.1 Å². The molecule has 186 valence electrons. The lowest BCUT2D eigenvalue weighted by molar-refractivity contribution is -0.119. The van der Waals surface area contributed by atoms with Crippen molar-refractivity contribution in [1.82, 2.24) is 5.32 Å². The van der Waals surface area contributed by atoms with E-state index in [1.54, 1.807) is 12.1 Å². The van der Waals surface area contributed by atoms with Gasteiger partial charge in [-0.05, 0) is 66.2 Å². The van der Waals surface area contributed by atoms with Crippen molar-refractivity contribution < 1.29 is 36.2 Å². The van der Waals surface area contributed by atoms with Crippen LogP contribution >= 0.6 is 0 Å². The van der Waals surface area contributed by atoms with Crippen LogP contribution < -0.4 is 23.8 Å². The standard InChI is InChI=1S/C24H24F2N2O6S/c1-32-21-12-16(13-22(33-2)24(21)34-3)14-27-23(29)15-28(19-8-4-17(25)5-9-19)35(30,31)20-10-6-18(26)7-11-20/h4-13H,14-15H2,1-3H3,(H,27,29). The maximum atomic E-state index is 13.4. The number of carbonyl (C=O) groups is 1. The van der Waals surface area contributed by atoms with Crippen LogP contribution in [0.25, 0.3) is 0 Å². The quantitative estimate of drug-likeness (QED) is 0.452. The molecule has 0 atom stereocenters. The van der Waals surface area contributed by atoms with Crippen molar-refractivity contribution >= 4 is 21.6 Å². The summed E-state index contributed by atoms with van der Waals surface area (Å²) in [6.07, 6.45) is 0. The number of hydrogen-bond donors (Lipinski definition) is 1. The Labute approximate surface area is 202 Å². The number of nitrogens with zero attached hydrogens (tertiary/aromatic N) is 1. The summed E-state index contributed by atoms with van der Waals surface area (Å²) < 4.78 is 70.0. The van der Waals surface area contributed by atoms with Crippen LogP contribution in [0, 0.1) is 11.6 Å². The monoisotopic (exact) mass is 506 g/mol. The summed E-state index contributed by atoms with van der Waals surface area (Å²) in [6, 6.07) is 12.1. The van der Waals surface area contributed by atoms with E-state index in [0.29, 0.717) is 22.8 Å². The molecule has 8 nitrogen and oxygen atoms in total. The second kappa shape index (κ2) is 11.0. The van der Waals surface area contributed by atoms with Gasteiger partial charge in [0.15, 0.2) is 11.5 Å². The molecular weight excluding hydrogens is 482 g/mol. The van der Waals surface area contributed by atoms with Gasteiger partial charge in [0.05, 0.1) is 31.9 Å². The molecule has 0 unspecified atom stereocenters. The number of carbonyl (C=O) groups excluding carboxylic acids is 1. The highest BCUT2D eigenvalue weighted by molar-refractivity contribution is 7.92. The predicted octanol–water partition coefficient (Wildman–Crippen LogP) is 3.50. The highest BCUT2D eigenvalue weighted by Gasteiger charge is 2.27. The SMILES string of the molecule is COc1cc(CNC(=O)CN(c2ccc(F)cc2)S(=O)(=O)c2ccc(F)cc2)cc(OC)c1OC. The molecule has 0 heterocycles. The van der Waals surface area contributed by atoms with Crippen LogP contribution in [0.4, 0.5) is 14.5 Å². The fourth-order valence-electron chi connectivity index (χ4n) is 3.28. The zero-order valence-electron chi connectivity index (χ0n) is 19.2. The predicted molar refractivity (Wildman–Crippen MR) is 125 cm³/mol. The van der Waals surface area contributed by atoms with Gasteiger partial charge in [-0.1, -0.05) is 0 Å². The van der Waals surface area contributed by atoms with E-state index in [4.69, 9.17) is 14.2 Å². The van der Waals surface area contributed by atoms with Gasteiger partial charge in [-0.3, -0.25) is 9.10 Å². The molecule has 0 aliphatic rings. The summed E-state index contributed by atoms with van der Waals surface area (Å²) in [4.78, 5) is 12.6. The van der Waals surface area contributed by atoms with E-state index >= 15 is 0 Å². The van der Waals surface area contributed by atoms with E-state index in [1.165, 1.54) is 33.5 Å². The molecule has 3 rings (SSSR count). The van der Waals surface area contributed by atoms with Crippen LogP contribution in [0.2, 0.25) is 0 Å². The van der Waals surface area contributed by atoms with Crippen molar-refractivity contribution in [3.8, 4) is 17.2 Å². The molecule has 35 heavy (non-hydrogen) atoms. The Balaban J connectivity index is 1.85. The highest BCUT2D eigenvalue weighted by Crippen LogP contribution is 2.38. The summed E-state index contributed by atoms with van der Waals surface area (Å²) in [5.74, 6) is -0.641. The molecule has 1 amide bonds. The number of methoxy groups -OCH3 is 3. The highest BCUT2D eigenvalue weighted by atomic mass is 32.2. The van der Waals surface area contributed by atoms with Crippen molar-refractivity contribution in [3.05, 3.63) is 77.9 Å². The lowest BCUT2D eigenvalue weighted by Crippen LogP contribution is -2.40. The van der Waals surface area contributed by atoms with Crippen LogP contribution in [0.5, 0.6) is 17.2 Å². The molecule has 1 N–H and O–H groups in total. The molecule has 0 aliphatic carbocycles. The average Bonchev–Trinajstić information content (AvgIpc) is 2.86. The maximum absolute atomic E-state index is 13.4. The molecule has 3 aromatic carbocycles. The minimum absolute atomic E-state index is 0.0312. The first-order chi connectivity index (χ1) is 16.7. The molecule has 0 spiro atoms. The number of hydrogen-bond acceptors (Lipinski definition) is 6. The third-order valence-corrected chi connectivity index (χ3v) is 6.81. The van der Waals surface area contributed by atoms with E-state index in [2.05, 4.69) is 5.32 Å². The van der Waals surface area contributed by atoms with Crippen molar-refractivity contribution in [2.75, 3.05) is 32.2 Å². The van der Waals surface area contributed by atoms with Crippen LogP contribution in [0.15, 0.2) is 65.6 Å². The third-order valence-electron chi connectivity index (χ3n) is 5.02. The average molecular weight is 507 g/mol. The van der Waals surface area contributed by atoms with E-state index in [1.807, 2.05) is 0 Å². The Bertz CT molecular complexity index is 1260. The molecule has 0 saturated heterocycles. The number of rotatable bonds is 10. The minimum Gasteiger partial charge on any atom is -0.493 e. The van der Waals surface area contributed by atoms with Crippen LogP contribution in [0.1, 0.15) is 5.56 Å². The first kappa shape index (κ1) is 25.8. The van der Waals surface area contributed by atoms with Gasteiger partial charge in [-0.25, -0.2) is 17.2 Å². The lowest BCUT2D eigenvalue weighted by Gasteiger charge is -2.24. The van der Waals surface area contributed by atoms with Gasteiger partial charge in [-0.15, -0.1) is 0 Å². The molecule has 0 radical (unpaired) electrons. The number of nitrogens with one attached hydrogen (secondary N) is 1. The zero-order valence-corrected chi connectivity index (χ0v) is 20.1. The number of halogens is 2. The van der Waals surface area contributed by atoms with Crippen molar-refractivity contribution in [3.63, 3.8) is 0 Å². The number of sulfonamides is 1. The Morgan fingerprint density at radius 3 is 1.86 bits per heavy atom. The van der Waals surface area contributed by atoms with Gasteiger partial charge in [0.25, 0.3) is 10.0 Å². The van der Waals surface area contributed by atoms with E-state index in [-0.39, 0.29) is 17.1 Å². The second-order valence-electron chi connectivity index (χ2n) is 7.25. The number of benzene rings is 3. The Morgan fingerprint density at radius 1 is 0.857 bits per heavy atom.